The Bertz CT molecular complexity index is 450. The van der Waals surface area contributed by atoms with Crippen LogP contribution in [0.15, 0.2) is 12.1 Å². The van der Waals surface area contributed by atoms with Gasteiger partial charge in [0.2, 0.25) is 0 Å². The Labute approximate surface area is 112 Å². The number of nitrogens with one attached hydrogen (secondary N) is 1. The quantitative estimate of drug-likeness (QED) is 0.916. The molecule has 0 saturated carbocycles. The Morgan fingerprint density at radius 2 is 2.39 bits per heavy atom. The molecule has 98 valence electrons. The molecule has 5 heteroatoms. The van der Waals surface area contributed by atoms with Gasteiger partial charge in [-0.1, -0.05) is 18.5 Å². The minimum atomic E-state index is -0.0542. The summed E-state index contributed by atoms with van der Waals surface area (Å²) in [4.78, 5) is 18.6. The summed E-state index contributed by atoms with van der Waals surface area (Å²) in [5.74, 6) is 0.608. The van der Waals surface area contributed by atoms with Crippen LogP contribution in [0, 0.1) is 0 Å². The van der Waals surface area contributed by atoms with Crippen molar-refractivity contribution >= 4 is 23.3 Å². The van der Waals surface area contributed by atoms with Crippen LogP contribution in [0.5, 0.6) is 0 Å². The first-order valence-corrected chi connectivity index (χ1v) is 6.70. The summed E-state index contributed by atoms with van der Waals surface area (Å²) in [5.41, 5.74) is 0.351. The summed E-state index contributed by atoms with van der Waals surface area (Å²) in [7, 11) is 1.77. The molecule has 2 rings (SSSR count). The molecule has 0 aliphatic carbocycles. The number of carbonyl (C=O) groups is 1. The van der Waals surface area contributed by atoms with Crippen LogP contribution >= 0.6 is 11.6 Å². The average molecular weight is 268 g/mol. The molecule has 1 saturated heterocycles. The largest absolute Gasteiger partial charge is 0.373 e. The van der Waals surface area contributed by atoms with Crippen LogP contribution in [0.4, 0.5) is 5.82 Å². The standard InChI is InChI=1S/C13H18ClN3O/c1-3-9-5-4-8-17(9)13(18)12-10(14)6-7-11(15-2)16-12/h6-7,9H,3-5,8H2,1-2H3,(H,15,16). The third kappa shape index (κ3) is 2.43. The fraction of sp³-hybridized carbons (Fsp3) is 0.538. The number of hydrogen-bond donors (Lipinski definition) is 1. The van der Waals surface area contributed by atoms with Gasteiger partial charge < -0.3 is 10.2 Å². The van der Waals surface area contributed by atoms with E-state index in [1.807, 2.05) is 4.90 Å². The molecule has 0 aromatic carbocycles. The molecule has 18 heavy (non-hydrogen) atoms. The summed E-state index contributed by atoms with van der Waals surface area (Å²) in [5, 5.41) is 3.34. The van der Waals surface area contributed by atoms with E-state index in [0.29, 0.717) is 22.6 Å². The molecular formula is C13H18ClN3O. The molecule has 2 heterocycles. The van der Waals surface area contributed by atoms with E-state index < -0.39 is 0 Å². The predicted molar refractivity (Wildman–Crippen MR) is 73.1 cm³/mol. The lowest BCUT2D eigenvalue weighted by Crippen LogP contribution is -2.35. The van der Waals surface area contributed by atoms with Gasteiger partial charge >= 0.3 is 0 Å². The molecule has 1 N–H and O–H groups in total. The minimum absolute atomic E-state index is 0.0542. The fourth-order valence-corrected chi connectivity index (χ4v) is 2.58. The number of likely N-dealkylation sites (tertiary alicyclic amines) is 1. The molecule has 1 aromatic rings. The smallest absolute Gasteiger partial charge is 0.274 e. The maximum atomic E-state index is 12.5. The topological polar surface area (TPSA) is 45.2 Å². The number of carbonyl (C=O) groups excluding carboxylic acids is 1. The number of hydrogen-bond acceptors (Lipinski definition) is 3. The lowest BCUT2D eigenvalue weighted by Gasteiger charge is -2.23. The minimum Gasteiger partial charge on any atom is -0.373 e. The monoisotopic (exact) mass is 267 g/mol. The van der Waals surface area contributed by atoms with Gasteiger partial charge in [-0.2, -0.15) is 0 Å². The van der Waals surface area contributed by atoms with Gasteiger partial charge in [-0.3, -0.25) is 4.79 Å². The Kier molecular flexibility index (Phi) is 4.07. The summed E-state index contributed by atoms with van der Waals surface area (Å²) >= 11 is 6.08. The summed E-state index contributed by atoms with van der Waals surface area (Å²) < 4.78 is 0. The lowest BCUT2D eigenvalue weighted by molar-refractivity contribution is 0.0728. The Hall–Kier alpha value is -1.29. The summed E-state index contributed by atoms with van der Waals surface area (Å²) in [6, 6.07) is 3.80. The van der Waals surface area contributed by atoms with Crippen molar-refractivity contribution in [3.63, 3.8) is 0 Å². The number of rotatable bonds is 3. The van der Waals surface area contributed by atoms with E-state index in [1.54, 1.807) is 19.2 Å². The van der Waals surface area contributed by atoms with Crippen LogP contribution in [0.3, 0.4) is 0 Å². The highest BCUT2D eigenvalue weighted by molar-refractivity contribution is 6.33. The summed E-state index contributed by atoms with van der Waals surface area (Å²) in [6.45, 7) is 2.91. The Morgan fingerprint density at radius 3 is 3.06 bits per heavy atom. The molecule has 4 nitrogen and oxygen atoms in total. The van der Waals surface area contributed by atoms with Crippen molar-refractivity contribution < 1.29 is 4.79 Å². The van der Waals surface area contributed by atoms with Gasteiger partial charge in [0.15, 0.2) is 0 Å². The second kappa shape index (κ2) is 5.57. The van der Waals surface area contributed by atoms with E-state index in [2.05, 4.69) is 17.2 Å². The number of nitrogens with zero attached hydrogens (tertiary/aromatic N) is 2. The molecule has 0 spiro atoms. The molecule has 0 bridgehead atoms. The van der Waals surface area contributed by atoms with Crippen molar-refractivity contribution in [3.8, 4) is 0 Å². The number of amides is 1. The van der Waals surface area contributed by atoms with Gasteiger partial charge in [0.1, 0.15) is 11.5 Å². The van der Waals surface area contributed by atoms with E-state index in [9.17, 15) is 4.79 Å². The number of aromatic nitrogens is 1. The van der Waals surface area contributed by atoms with E-state index in [1.165, 1.54) is 0 Å². The first-order valence-electron chi connectivity index (χ1n) is 6.32. The van der Waals surface area contributed by atoms with Crippen LogP contribution < -0.4 is 5.32 Å². The first-order chi connectivity index (χ1) is 8.67. The number of halogens is 1. The molecule has 1 aliphatic rings. The van der Waals surface area contributed by atoms with Crippen LogP contribution in [0.25, 0.3) is 0 Å². The van der Waals surface area contributed by atoms with Gasteiger partial charge in [0.25, 0.3) is 5.91 Å². The van der Waals surface area contributed by atoms with E-state index >= 15 is 0 Å². The van der Waals surface area contributed by atoms with Crippen molar-refractivity contribution in [2.24, 2.45) is 0 Å². The van der Waals surface area contributed by atoms with E-state index in [0.717, 1.165) is 25.8 Å². The van der Waals surface area contributed by atoms with Gasteiger partial charge in [-0.15, -0.1) is 0 Å². The van der Waals surface area contributed by atoms with Crippen LogP contribution in [-0.4, -0.2) is 35.4 Å². The lowest BCUT2D eigenvalue weighted by atomic mass is 10.1. The first kappa shape index (κ1) is 13.1. The van der Waals surface area contributed by atoms with Crippen LogP contribution in [0.2, 0.25) is 5.02 Å². The molecule has 1 unspecified atom stereocenters. The van der Waals surface area contributed by atoms with E-state index in [-0.39, 0.29) is 5.91 Å². The molecule has 0 radical (unpaired) electrons. The second-order valence-electron chi connectivity index (χ2n) is 4.48. The van der Waals surface area contributed by atoms with Crippen molar-refractivity contribution in [1.29, 1.82) is 0 Å². The van der Waals surface area contributed by atoms with Crippen molar-refractivity contribution in [2.45, 2.75) is 32.2 Å². The molecule has 1 atom stereocenters. The average Bonchev–Trinajstić information content (AvgIpc) is 2.86. The van der Waals surface area contributed by atoms with Gasteiger partial charge in [0, 0.05) is 19.6 Å². The molecule has 1 aromatic heterocycles. The molecule has 1 amide bonds. The highest BCUT2D eigenvalue weighted by atomic mass is 35.5. The third-order valence-corrected chi connectivity index (χ3v) is 3.72. The van der Waals surface area contributed by atoms with Crippen LogP contribution in [0.1, 0.15) is 36.7 Å². The second-order valence-corrected chi connectivity index (χ2v) is 4.89. The fourth-order valence-electron chi connectivity index (χ4n) is 2.39. The maximum absolute atomic E-state index is 12.5. The van der Waals surface area contributed by atoms with Gasteiger partial charge in [-0.25, -0.2) is 4.98 Å². The van der Waals surface area contributed by atoms with Crippen molar-refractivity contribution in [1.82, 2.24) is 9.88 Å². The van der Waals surface area contributed by atoms with Crippen molar-refractivity contribution in [3.05, 3.63) is 22.8 Å². The predicted octanol–water partition coefficient (Wildman–Crippen LogP) is 2.79. The van der Waals surface area contributed by atoms with Gasteiger partial charge in [-0.05, 0) is 31.4 Å². The SMILES string of the molecule is CCC1CCCN1C(=O)c1nc(NC)ccc1Cl. The zero-order valence-corrected chi connectivity index (χ0v) is 11.5. The molecule has 1 fully saturated rings. The number of anilines is 1. The zero-order valence-electron chi connectivity index (χ0n) is 10.7. The van der Waals surface area contributed by atoms with Crippen LogP contribution in [-0.2, 0) is 0 Å². The summed E-state index contributed by atoms with van der Waals surface area (Å²) in [6.07, 6.45) is 3.12. The van der Waals surface area contributed by atoms with E-state index in [4.69, 9.17) is 11.6 Å². The highest BCUT2D eigenvalue weighted by Crippen LogP contribution is 2.25. The third-order valence-electron chi connectivity index (χ3n) is 3.41. The normalized spacial score (nSPS) is 19.1. The zero-order chi connectivity index (χ0) is 13.1. The molecular weight excluding hydrogens is 250 g/mol. The highest BCUT2D eigenvalue weighted by Gasteiger charge is 2.30. The maximum Gasteiger partial charge on any atom is 0.274 e. The molecule has 1 aliphatic heterocycles. The van der Waals surface area contributed by atoms with Gasteiger partial charge in [0.05, 0.1) is 5.02 Å². The van der Waals surface area contributed by atoms with Crippen molar-refractivity contribution in [2.75, 3.05) is 18.9 Å². The number of pyridine rings is 1. The Morgan fingerprint density at radius 1 is 1.61 bits per heavy atom. The Balaban J connectivity index is 2.27.